The van der Waals surface area contributed by atoms with Crippen LogP contribution in [0.15, 0.2) is 23.4 Å². The first-order chi connectivity index (χ1) is 9.47. The lowest BCUT2D eigenvalue weighted by Crippen LogP contribution is -2.22. The molecule has 0 saturated heterocycles. The summed E-state index contributed by atoms with van der Waals surface area (Å²) >= 11 is 13.1. The van der Waals surface area contributed by atoms with Crippen LogP contribution in [-0.2, 0) is 4.79 Å². The lowest BCUT2D eigenvalue weighted by molar-refractivity contribution is -0.115. The molecule has 2 aromatic rings. The highest BCUT2D eigenvalue weighted by atomic mass is 35.5. The first-order valence-corrected chi connectivity index (χ1v) is 7.20. The van der Waals surface area contributed by atoms with Crippen LogP contribution < -0.4 is 11.1 Å². The fraction of sp³-hybridized carbons (Fsp3) is 0.182. The molecule has 0 saturated carbocycles. The monoisotopic (exact) mass is 331 g/mol. The molecule has 0 spiro atoms. The number of amides is 1. The van der Waals surface area contributed by atoms with Crippen LogP contribution in [0.2, 0.25) is 10.0 Å². The molecule has 0 fully saturated rings. The van der Waals surface area contributed by atoms with Gasteiger partial charge in [0.25, 0.3) is 0 Å². The molecule has 0 bridgehead atoms. The number of hydrogen-bond acceptors (Lipinski definition) is 5. The molecule has 1 heterocycles. The summed E-state index contributed by atoms with van der Waals surface area (Å²) < 4.78 is 0. The number of aromatic amines is 1. The maximum atomic E-state index is 12.1. The van der Waals surface area contributed by atoms with Gasteiger partial charge < -0.3 is 11.1 Å². The number of benzene rings is 1. The molecule has 6 nitrogen and oxygen atoms in total. The summed E-state index contributed by atoms with van der Waals surface area (Å²) in [5.41, 5.74) is 5.88. The van der Waals surface area contributed by atoms with E-state index in [1.165, 1.54) is 11.8 Å². The fourth-order valence-corrected chi connectivity index (χ4v) is 2.44. The summed E-state index contributed by atoms with van der Waals surface area (Å²) in [6, 6.07) is 5.03. The van der Waals surface area contributed by atoms with E-state index < -0.39 is 5.25 Å². The number of H-pyrrole nitrogens is 1. The van der Waals surface area contributed by atoms with E-state index in [2.05, 4.69) is 20.5 Å². The molecule has 1 atom stereocenters. The van der Waals surface area contributed by atoms with Crippen molar-refractivity contribution in [3.05, 3.63) is 28.2 Å². The Morgan fingerprint density at radius 3 is 2.90 bits per heavy atom. The van der Waals surface area contributed by atoms with Gasteiger partial charge in [0.1, 0.15) is 0 Å². The first kappa shape index (κ1) is 15.0. The highest BCUT2D eigenvalue weighted by molar-refractivity contribution is 8.00. The molecule has 0 aliphatic carbocycles. The van der Waals surface area contributed by atoms with Gasteiger partial charge in [-0.15, -0.1) is 5.10 Å². The number of carbonyl (C=O) groups is 1. The van der Waals surface area contributed by atoms with Crippen molar-refractivity contribution in [2.45, 2.75) is 17.3 Å². The van der Waals surface area contributed by atoms with Crippen molar-refractivity contribution in [3.8, 4) is 0 Å². The Balaban J connectivity index is 2.02. The second-order valence-electron chi connectivity index (χ2n) is 3.85. The Labute approximate surface area is 129 Å². The van der Waals surface area contributed by atoms with Gasteiger partial charge in [0.05, 0.1) is 21.0 Å². The number of nitrogens with one attached hydrogen (secondary N) is 2. The SMILES string of the molecule is CC(Sc1n[nH]c(N)n1)C(=O)Nc1cccc(Cl)c1Cl. The molecule has 106 valence electrons. The number of nitrogens with zero attached hydrogens (tertiary/aromatic N) is 2. The van der Waals surface area contributed by atoms with Crippen LogP contribution in [0, 0.1) is 0 Å². The molecule has 1 unspecified atom stereocenters. The molecule has 4 N–H and O–H groups in total. The maximum absolute atomic E-state index is 12.1. The van der Waals surface area contributed by atoms with Crippen LogP contribution in [0.25, 0.3) is 0 Å². The lowest BCUT2D eigenvalue weighted by atomic mass is 10.3. The Bertz CT molecular complexity index is 633. The number of thioether (sulfide) groups is 1. The second-order valence-corrected chi connectivity index (χ2v) is 5.95. The molecule has 0 aliphatic rings. The minimum atomic E-state index is -0.416. The van der Waals surface area contributed by atoms with Crippen LogP contribution in [0.1, 0.15) is 6.92 Å². The van der Waals surface area contributed by atoms with Gasteiger partial charge in [-0.25, -0.2) is 5.10 Å². The van der Waals surface area contributed by atoms with Crippen molar-refractivity contribution in [1.29, 1.82) is 0 Å². The molecule has 20 heavy (non-hydrogen) atoms. The lowest BCUT2D eigenvalue weighted by Gasteiger charge is -2.11. The minimum absolute atomic E-state index is 0.206. The standard InChI is InChI=1S/C11H11Cl2N5OS/c1-5(20-11-16-10(14)17-18-11)9(19)15-7-4-2-3-6(12)8(7)13/h2-5H,1H3,(H,15,19)(H3,14,16,17,18). The summed E-state index contributed by atoms with van der Waals surface area (Å²) in [5.74, 6) is -0.0273. The number of carbonyl (C=O) groups excluding carboxylic acids is 1. The van der Waals surface area contributed by atoms with Gasteiger partial charge in [0, 0.05) is 0 Å². The smallest absolute Gasteiger partial charge is 0.237 e. The third-order valence-corrected chi connectivity index (χ3v) is 4.12. The van der Waals surface area contributed by atoms with Crippen molar-refractivity contribution in [2.75, 3.05) is 11.1 Å². The van der Waals surface area contributed by atoms with Gasteiger partial charge in [-0.3, -0.25) is 4.79 Å². The van der Waals surface area contributed by atoms with Crippen LogP contribution in [0.5, 0.6) is 0 Å². The highest BCUT2D eigenvalue weighted by Crippen LogP contribution is 2.30. The van der Waals surface area contributed by atoms with E-state index in [1.54, 1.807) is 25.1 Å². The normalized spacial score (nSPS) is 12.2. The Hall–Kier alpha value is -1.44. The van der Waals surface area contributed by atoms with E-state index >= 15 is 0 Å². The predicted molar refractivity (Wildman–Crippen MR) is 81.2 cm³/mol. The van der Waals surface area contributed by atoms with E-state index in [0.717, 1.165) is 0 Å². The van der Waals surface area contributed by atoms with E-state index in [9.17, 15) is 4.79 Å². The van der Waals surface area contributed by atoms with Crippen molar-refractivity contribution in [2.24, 2.45) is 0 Å². The van der Waals surface area contributed by atoms with Gasteiger partial charge in [-0.05, 0) is 19.1 Å². The quantitative estimate of drug-likeness (QED) is 0.748. The average Bonchev–Trinajstić information content (AvgIpc) is 2.80. The maximum Gasteiger partial charge on any atom is 0.237 e. The molecular weight excluding hydrogens is 321 g/mol. The number of anilines is 2. The van der Waals surface area contributed by atoms with Crippen LogP contribution >= 0.6 is 35.0 Å². The van der Waals surface area contributed by atoms with Gasteiger partial charge in [-0.1, -0.05) is 41.0 Å². The predicted octanol–water partition coefficient (Wildman–Crippen LogP) is 2.81. The molecule has 0 radical (unpaired) electrons. The summed E-state index contributed by atoms with van der Waals surface area (Å²) in [7, 11) is 0. The summed E-state index contributed by atoms with van der Waals surface area (Å²) in [5, 5.41) is 9.74. The number of rotatable bonds is 4. The molecule has 9 heteroatoms. The van der Waals surface area contributed by atoms with E-state index in [4.69, 9.17) is 28.9 Å². The molecular formula is C11H11Cl2N5OS. The van der Waals surface area contributed by atoms with Gasteiger partial charge in [0.15, 0.2) is 0 Å². The highest BCUT2D eigenvalue weighted by Gasteiger charge is 2.18. The molecule has 1 aromatic heterocycles. The zero-order valence-corrected chi connectivity index (χ0v) is 12.7. The van der Waals surface area contributed by atoms with Crippen LogP contribution in [0.3, 0.4) is 0 Å². The van der Waals surface area contributed by atoms with E-state index in [-0.39, 0.29) is 11.9 Å². The Kier molecular flexibility index (Phi) is 4.74. The molecule has 0 aliphatic heterocycles. The molecule has 1 aromatic carbocycles. The van der Waals surface area contributed by atoms with Crippen molar-refractivity contribution < 1.29 is 4.79 Å². The van der Waals surface area contributed by atoms with Crippen LogP contribution in [-0.4, -0.2) is 26.3 Å². The molecule has 2 rings (SSSR count). The van der Waals surface area contributed by atoms with Crippen LogP contribution in [0.4, 0.5) is 11.6 Å². The van der Waals surface area contributed by atoms with E-state index in [1.807, 2.05) is 0 Å². The number of halogens is 2. The van der Waals surface area contributed by atoms with Crippen molar-refractivity contribution in [1.82, 2.24) is 15.2 Å². The average molecular weight is 332 g/mol. The number of nitrogens with two attached hydrogens (primary N) is 1. The topological polar surface area (TPSA) is 96.7 Å². The largest absolute Gasteiger partial charge is 0.368 e. The zero-order chi connectivity index (χ0) is 14.7. The number of nitrogen functional groups attached to an aromatic ring is 1. The molecule has 1 amide bonds. The van der Waals surface area contributed by atoms with Gasteiger partial charge >= 0.3 is 0 Å². The third kappa shape index (κ3) is 3.56. The first-order valence-electron chi connectivity index (χ1n) is 5.57. The second kappa shape index (κ2) is 6.34. The van der Waals surface area contributed by atoms with Gasteiger partial charge in [-0.2, -0.15) is 4.98 Å². The summed E-state index contributed by atoms with van der Waals surface area (Å²) in [6.45, 7) is 1.73. The number of aromatic nitrogens is 3. The third-order valence-electron chi connectivity index (χ3n) is 2.34. The minimum Gasteiger partial charge on any atom is -0.368 e. The van der Waals surface area contributed by atoms with Gasteiger partial charge in [0.2, 0.25) is 17.0 Å². The van der Waals surface area contributed by atoms with Crippen molar-refractivity contribution in [3.63, 3.8) is 0 Å². The van der Waals surface area contributed by atoms with Crippen molar-refractivity contribution >= 4 is 52.5 Å². The summed E-state index contributed by atoms with van der Waals surface area (Å²) in [6.07, 6.45) is 0. The fourth-order valence-electron chi connectivity index (χ4n) is 1.36. The zero-order valence-electron chi connectivity index (χ0n) is 10.4. The van der Waals surface area contributed by atoms with E-state index in [0.29, 0.717) is 20.9 Å². The summed E-state index contributed by atoms with van der Waals surface area (Å²) in [4.78, 5) is 16.0. The Morgan fingerprint density at radius 1 is 1.50 bits per heavy atom. The Morgan fingerprint density at radius 2 is 2.25 bits per heavy atom. The number of hydrogen-bond donors (Lipinski definition) is 3.